The number of aryl methyl sites for hydroxylation is 1. The number of nitrogens with zero attached hydrogens (tertiary/aromatic N) is 6. The van der Waals surface area contributed by atoms with Gasteiger partial charge in [-0.05, 0) is 118 Å². The quantitative estimate of drug-likeness (QED) is 0.125. The van der Waals surface area contributed by atoms with Gasteiger partial charge in [0.2, 0.25) is 27.7 Å². The Hall–Kier alpha value is -4.82. The van der Waals surface area contributed by atoms with Gasteiger partial charge in [-0.2, -0.15) is 4.98 Å². The molecule has 3 fully saturated rings. The van der Waals surface area contributed by atoms with Crippen LogP contribution in [-0.2, 0) is 34.3 Å². The van der Waals surface area contributed by atoms with Crippen LogP contribution in [0.25, 0.3) is 22.0 Å². The minimum atomic E-state index is -3.55. The van der Waals surface area contributed by atoms with Gasteiger partial charge in [-0.15, -0.1) is 0 Å². The molecule has 3 aromatic heterocycles. The number of aromatic nitrogens is 3. The predicted molar refractivity (Wildman–Crippen MR) is 230 cm³/mol. The van der Waals surface area contributed by atoms with Crippen molar-refractivity contribution in [1.82, 2.24) is 29.1 Å². The molecule has 5 aromatic rings. The molecule has 308 valence electrons. The summed E-state index contributed by atoms with van der Waals surface area (Å²) in [4.78, 5) is 32.0. The normalized spacial score (nSPS) is 19.6. The van der Waals surface area contributed by atoms with Gasteiger partial charge < -0.3 is 14.8 Å². The first-order valence-corrected chi connectivity index (χ1v) is 22.5. The molecule has 2 atom stereocenters. The molecule has 2 aliphatic carbocycles. The summed E-state index contributed by atoms with van der Waals surface area (Å²) in [5.74, 6) is 1.17. The van der Waals surface area contributed by atoms with E-state index in [0.717, 1.165) is 81.2 Å². The predicted octanol–water partition coefficient (Wildman–Crippen LogP) is 7.84. The lowest BCUT2D eigenvalue weighted by molar-refractivity contribution is -0.129. The Bertz CT molecular complexity index is 2530. The van der Waals surface area contributed by atoms with Crippen molar-refractivity contribution in [3.8, 4) is 22.9 Å². The number of fused-ring (bicyclic) bond motifs is 2. The van der Waals surface area contributed by atoms with Gasteiger partial charge in [-0.1, -0.05) is 41.9 Å². The maximum Gasteiger partial charge on any atom is 0.240 e. The maximum absolute atomic E-state index is 13.1. The molecule has 4 aliphatic rings. The van der Waals surface area contributed by atoms with Gasteiger partial charge in [0.25, 0.3) is 0 Å². The van der Waals surface area contributed by atoms with Crippen LogP contribution in [0.3, 0.4) is 0 Å². The molecule has 12 nitrogen and oxygen atoms in total. The highest BCUT2D eigenvalue weighted by atomic mass is 35.5. The van der Waals surface area contributed by atoms with Gasteiger partial charge in [-0.25, -0.2) is 17.7 Å². The first-order valence-electron chi connectivity index (χ1n) is 20.7. The van der Waals surface area contributed by atoms with Crippen LogP contribution in [-0.4, -0.2) is 89.0 Å². The number of sulfonamides is 1. The van der Waals surface area contributed by atoms with Crippen LogP contribution in [0.5, 0.6) is 11.8 Å². The van der Waals surface area contributed by atoms with Crippen LogP contribution in [0.15, 0.2) is 67.0 Å². The molecule has 1 N–H and O–H groups in total. The van der Waals surface area contributed by atoms with Gasteiger partial charge in [-0.3, -0.25) is 19.6 Å². The number of methoxy groups -OCH3 is 1. The summed E-state index contributed by atoms with van der Waals surface area (Å²) in [6.07, 6.45) is 9.49. The number of rotatable bonds is 13. The number of benzene rings is 2. The largest absolute Gasteiger partial charge is 0.481 e. The Labute approximate surface area is 351 Å². The van der Waals surface area contributed by atoms with Crippen molar-refractivity contribution in [1.29, 1.82) is 0 Å². The second-order valence-corrected chi connectivity index (χ2v) is 19.0. The summed E-state index contributed by atoms with van der Waals surface area (Å²) < 4.78 is 38.7. The van der Waals surface area contributed by atoms with E-state index in [1.165, 1.54) is 25.5 Å². The average Bonchev–Trinajstić information content (AvgIpc) is 3.57. The van der Waals surface area contributed by atoms with Crippen LogP contribution < -0.4 is 14.8 Å². The highest BCUT2D eigenvalue weighted by molar-refractivity contribution is 7.90. The Morgan fingerprint density at radius 1 is 0.949 bits per heavy atom. The molecule has 1 saturated carbocycles. The van der Waals surface area contributed by atoms with Gasteiger partial charge >= 0.3 is 0 Å². The minimum absolute atomic E-state index is 0.145. The van der Waals surface area contributed by atoms with Crippen LogP contribution in [0, 0.1) is 12.8 Å². The zero-order valence-corrected chi connectivity index (χ0v) is 35.4. The summed E-state index contributed by atoms with van der Waals surface area (Å²) in [5.41, 5.74) is 8.87. The van der Waals surface area contributed by atoms with E-state index in [2.05, 4.69) is 63.4 Å². The van der Waals surface area contributed by atoms with E-state index in [0.29, 0.717) is 67.0 Å². The lowest BCUT2D eigenvalue weighted by atomic mass is 9.96. The number of halogens is 1. The molecule has 9 rings (SSSR count). The fraction of sp³-hybridized carbons (Fsp3) is 0.422. The highest BCUT2D eigenvalue weighted by Crippen LogP contribution is 2.44. The summed E-state index contributed by atoms with van der Waals surface area (Å²) in [7, 11) is -0.467. The van der Waals surface area contributed by atoms with E-state index in [4.69, 9.17) is 31.0 Å². The molecule has 0 bridgehead atoms. The lowest BCUT2D eigenvalue weighted by Crippen LogP contribution is -2.40. The standard InChI is InChI=1S/C45H50ClN7O5S/c1-28-22-32(27-52-19-4-5-20-52)44(57-3)50-43(28)58-39-15-14-35-34(8-6-9-36(35)39)37-10-7-11-38(40(37)46)49-42-41-30(16-18-47-42)23-29(24-48-41)25-53-21-17-31(26-53)45(54)51(2)59(55,56)33-12-13-33/h6-11,16,18,22-24,31,33,39H,4-5,12-15,17,19-21,25-27H2,1-3H3,(H,47,49)/t31-,39-/m1/s1. The Morgan fingerprint density at radius 3 is 2.54 bits per heavy atom. The van der Waals surface area contributed by atoms with Crippen molar-refractivity contribution in [2.24, 2.45) is 5.92 Å². The van der Waals surface area contributed by atoms with Crippen molar-refractivity contribution in [2.75, 3.05) is 45.7 Å². The molecule has 2 aliphatic heterocycles. The van der Waals surface area contributed by atoms with Crippen molar-refractivity contribution < 1.29 is 22.7 Å². The van der Waals surface area contributed by atoms with Crippen LogP contribution in [0.1, 0.15) is 72.4 Å². The Morgan fingerprint density at radius 2 is 1.75 bits per heavy atom. The average molecular weight is 836 g/mol. The number of ether oxygens (including phenoxy) is 2. The van der Waals surface area contributed by atoms with Crippen LogP contribution in [0.4, 0.5) is 11.5 Å². The summed E-state index contributed by atoms with van der Waals surface area (Å²) in [6.45, 7) is 6.92. The van der Waals surface area contributed by atoms with E-state index in [1.807, 2.05) is 24.4 Å². The van der Waals surface area contributed by atoms with E-state index >= 15 is 0 Å². The molecular weight excluding hydrogens is 786 g/mol. The summed E-state index contributed by atoms with van der Waals surface area (Å²) >= 11 is 7.22. The first kappa shape index (κ1) is 39.6. The molecule has 59 heavy (non-hydrogen) atoms. The van der Waals surface area contributed by atoms with E-state index in [9.17, 15) is 13.2 Å². The molecule has 14 heteroatoms. The molecule has 0 spiro atoms. The number of likely N-dealkylation sites (tertiary alicyclic amines) is 2. The van der Waals surface area contributed by atoms with Gasteiger partial charge in [0.05, 0.1) is 29.0 Å². The molecular formula is C45H50ClN7O5S. The third-order valence-electron chi connectivity index (χ3n) is 12.3. The van der Waals surface area contributed by atoms with Crippen LogP contribution in [0.2, 0.25) is 5.02 Å². The number of nitrogens with one attached hydrogen (secondary N) is 1. The zero-order valence-electron chi connectivity index (χ0n) is 33.8. The van der Waals surface area contributed by atoms with Crippen molar-refractivity contribution in [3.63, 3.8) is 0 Å². The van der Waals surface area contributed by atoms with Gasteiger partial charge in [0.15, 0.2) is 5.82 Å². The molecule has 2 saturated heterocycles. The fourth-order valence-corrected chi connectivity index (χ4v) is 10.9. The van der Waals surface area contributed by atoms with E-state index in [1.54, 1.807) is 13.3 Å². The second kappa shape index (κ2) is 16.3. The third-order valence-corrected chi connectivity index (χ3v) is 15.0. The lowest BCUT2D eigenvalue weighted by Gasteiger charge is -2.21. The number of carbonyl (C=O) groups is 1. The first-order chi connectivity index (χ1) is 28.6. The molecule has 0 radical (unpaired) electrons. The van der Waals surface area contributed by atoms with Crippen molar-refractivity contribution in [3.05, 3.63) is 99.8 Å². The number of hydrogen-bond acceptors (Lipinski definition) is 11. The second-order valence-electron chi connectivity index (χ2n) is 16.4. The third kappa shape index (κ3) is 7.97. The number of hydrogen-bond donors (Lipinski definition) is 1. The van der Waals surface area contributed by atoms with Gasteiger partial charge in [0, 0.05) is 61.2 Å². The number of carbonyl (C=O) groups excluding carboxylic acids is 1. The Balaban J connectivity index is 0.893. The topological polar surface area (TPSA) is 130 Å². The minimum Gasteiger partial charge on any atom is -0.481 e. The monoisotopic (exact) mass is 835 g/mol. The maximum atomic E-state index is 13.1. The SMILES string of the molecule is COc1nc(O[C@@H]2CCc3c(-c4cccc(Nc5nccc6cc(CN7CC[C@@H](C(=O)N(C)S(=O)(=O)C8CC8)C7)cnc56)c4Cl)cccc32)c(C)cc1CN1CCCC1. The zero-order chi connectivity index (χ0) is 40.8. The molecule has 5 heterocycles. The van der Waals surface area contributed by atoms with Gasteiger partial charge in [0.1, 0.15) is 11.6 Å². The fourth-order valence-electron chi connectivity index (χ4n) is 9.01. The number of amides is 1. The molecule has 0 unspecified atom stereocenters. The van der Waals surface area contributed by atoms with E-state index < -0.39 is 15.3 Å². The number of pyridine rings is 3. The summed E-state index contributed by atoms with van der Waals surface area (Å²) in [5, 5.41) is 4.57. The number of anilines is 2. The molecule has 2 aromatic carbocycles. The van der Waals surface area contributed by atoms with E-state index in [-0.39, 0.29) is 17.9 Å². The van der Waals surface area contributed by atoms with Crippen LogP contribution >= 0.6 is 11.6 Å². The Kier molecular flexibility index (Phi) is 11.0. The summed E-state index contributed by atoms with van der Waals surface area (Å²) in [6, 6.07) is 18.5. The van der Waals surface area contributed by atoms with Crippen molar-refractivity contribution >= 4 is 49.9 Å². The van der Waals surface area contributed by atoms with Crippen molar-refractivity contribution in [2.45, 2.75) is 76.3 Å². The molecule has 1 amide bonds. The smallest absolute Gasteiger partial charge is 0.240 e. The highest BCUT2D eigenvalue weighted by Gasteiger charge is 2.43.